The largest absolute Gasteiger partial charge is 0.494 e. The minimum atomic E-state index is -0.384. The van der Waals surface area contributed by atoms with Crippen LogP contribution in [0.5, 0.6) is 0 Å². The Morgan fingerprint density at radius 3 is 3.09 bits per heavy atom. The standard InChI is InChI=1S/C8H9FO2/c1-11-8-4-6(5-10)2-3-7(8)9/h3-6H,2H2,1H3. The topological polar surface area (TPSA) is 26.3 Å². The molecule has 0 aliphatic heterocycles. The number of rotatable bonds is 2. The molecule has 2 nitrogen and oxygen atoms in total. The number of aldehydes is 1. The van der Waals surface area contributed by atoms with Crippen molar-refractivity contribution in [2.24, 2.45) is 5.92 Å². The maximum absolute atomic E-state index is 12.7. The molecule has 0 aromatic carbocycles. The van der Waals surface area contributed by atoms with Gasteiger partial charge in [-0.3, -0.25) is 0 Å². The molecule has 0 aromatic rings. The summed E-state index contributed by atoms with van der Waals surface area (Å²) in [6.45, 7) is 0. The molecule has 0 amide bonds. The van der Waals surface area contributed by atoms with Gasteiger partial charge in [0.25, 0.3) is 0 Å². The minimum Gasteiger partial charge on any atom is -0.494 e. The van der Waals surface area contributed by atoms with Gasteiger partial charge in [-0.2, -0.15) is 0 Å². The van der Waals surface area contributed by atoms with Crippen molar-refractivity contribution in [3.63, 3.8) is 0 Å². The molecule has 0 aromatic heterocycles. The lowest BCUT2D eigenvalue weighted by molar-refractivity contribution is -0.109. The highest BCUT2D eigenvalue weighted by molar-refractivity contribution is 5.58. The molecule has 0 spiro atoms. The van der Waals surface area contributed by atoms with E-state index >= 15 is 0 Å². The van der Waals surface area contributed by atoms with Crippen LogP contribution in [0, 0.1) is 5.92 Å². The van der Waals surface area contributed by atoms with Gasteiger partial charge >= 0.3 is 0 Å². The highest BCUT2D eigenvalue weighted by Gasteiger charge is 2.14. The van der Waals surface area contributed by atoms with E-state index in [-0.39, 0.29) is 17.5 Å². The SMILES string of the molecule is COC1=CC(C=O)CC=C1F. The monoisotopic (exact) mass is 156 g/mol. The summed E-state index contributed by atoms with van der Waals surface area (Å²) in [5.74, 6) is -0.455. The maximum Gasteiger partial charge on any atom is 0.160 e. The highest BCUT2D eigenvalue weighted by Crippen LogP contribution is 2.22. The highest BCUT2D eigenvalue weighted by atomic mass is 19.1. The van der Waals surface area contributed by atoms with E-state index in [0.717, 1.165) is 6.29 Å². The third-order valence-electron chi connectivity index (χ3n) is 1.56. The van der Waals surface area contributed by atoms with Crippen molar-refractivity contribution in [2.75, 3.05) is 7.11 Å². The van der Waals surface area contributed by atoms with Gasteiger partial charge < -0.3 is 9.53 Å². The van der Waals surface area contributed by atoms with Crippen LogP contribution >= 0.6 is 0 Å². The zero-order chi connectivity index (χ0) is 8.27. The van der Waals surface area contributed by atoms with Crippen molar-refractivity contribution in [1.82, 2.24) is 0 Å². The molecule has 1 unspecified atom stereocenters. The van der Waals surface area contributed by atoms with E-state index in [4.69, 9.17) is 4.74 Å². The number of ether oxygens (including phenoxy) is 1. The molecule has 1 aliphatic carbocycles. The fourth-order valence-corrected chi connectivity index (χ4v) is 0.943. The number of halogens is 1. The van der Waals surface area contributed by atoms with Crippen LogP contribution in [0.1, 0.15) is 6.42 Å². The van der Waals surface area contributed by atoms with E-state index in [1.165, 1.54) is 19.3 Å². The summed E-state index contributed by atoms with van der Waals surface area (Å²) in [5, 5.41) is 0. The third-order valence-corrected chi connectivity index (χ3v) is 1.56. The summed E-state index contributed by atoms with van der Waals surface area (Å²) in [5.41, 5.74) is 0. The van der Waals surface area contributed by atoms with E-state index in [9.17, 15) is 9.18 Å². The Hall–Kier alpha value is -1.12. The number of hydrogen-bond donors (Lipinski definition) is 0. The molecule has 0 fully saturated rings. The fourth-order valence-electron chi connectivity index (χ4n) is 0.943. The molecule has 1 aliphatic rings. The second kappa shape index (κ2) is 3.32. The van der Waals surface area contributed by atoms with Gasteiger partial charge in [0.15, 0.2) is 11.6 Å². The first-order chi connectivity index (χ1) is 5.27. The van der Waals surface area contributed by atoms with Crippen molar-refractivity contribution in [1.29, 1.82) is 0 Å². The number of carbonyl (C=O) groups excluding carboxylic acids is 1. The molecular weight excluding hydrogens is 147 g/mol. The Morgan fingerprint density at radius 2 is 2.55 bits per heavy atom. The van der Waals surface area contributed by atoms with Crippen LogP contribution in [0.15, 0.2) is 23.7 Å². The molecule has 0 heterocycles. The maximum atomic E-state index is 12.7. The fraction of sp³-hybridized carbons (Fsp3) is 0.375. The Morgan fingerprint density at radius 1 is 1.82 bits per heavy atom. The smallest absolute Gasteiger partial charge is 0.160 e. The van der Waals surface area contributed by atoms with Gasteiger partial charge in [0, 0.05) is 5.92 Å². The molecular formula is C8H9FO2. The summed E-state index contributed by atoms with van der Waals surface area (Å²) in [6.07, 6.45) is 4.06. The van der Waals surface area contributed by atoms with Gasteiger partial charge in [0.2, 0.25) is 0 Å². The average molecular weight is 156 g/mol. The lowest BCUT2D eigenvalue weighted by Crippen LogP contribution is -2.04. The molecule has 60 valence electrons. The Balaban J connectivity index is 2.77. The van der Waals surface area contributed by atoms with E-state index in [1.54, 1.807) is 0 Å². The third kappa shape index (κ3) is 1.67. The normalized spacial score (nSPS) is 23.6. The van der Waals surface area contributed by atoms with Gasteiger partial charge in [0.1, 0.15) is 6.29 Å². The second-order valence-electron chi connectivity index (χ2n) is 2.32. The molecule has 11 heavy (non-hydrogen) atoms. The van der Waals surface area contributed by atoms with Crippen LogP contribution in [0.3, 0.4) is 0 Å². The summed E-state index contributed by atoms with van der Waals surface area (Å²) in [6, 6.07) is 0. The molecule has 0 bridgehead atoms. The first-order valence-electron chi connectivity index (χ1n) is 3.35. The van der Waals surface area contributed by atoms with Crippen molar-refractivity contribution in [3.8, 4) is 0 Å². The molecule has 0 radical (unpaired) electrons. The summed E-state index contributed by atoms with van der Waals surface area (Å²) >= 11 is 0. The van der Waals surface area contributed by atoms with Crippen molar-refractivity contribution >= 4 is 6.29 Å². The molecule has 1 atom stereocenters. The predicted octanol–water partition coefficient (Wildman–Crippen LogP) is 1.59. The summed E-state index contributed by atoms with van der Waals surface area (Å²) in [7, 11) is 1.38. The van der Waals surface area contributed by atoms with Crippen LogP contribution in [-0.4, -0.2) is 13.4 Å². The Labute approximate surface area is 64.3 Å². The average Bonchev–Trinajstić information content (AvgIpc) is 2.05. The number of hydrogen-bond acceptors (Lipinski definition) is 2. The Kier molecular flexibility index (Phi) is 2.41. The molecule has 0 N–H and O–H groups in total. The predicted molar refractivity (Wildman–Crippen MR) is 38.5 cm³/mol. The molecule has 0 saturated carbocycles. The molecule has 0 saturated heterocycles. The first kappa shape index (κ1) is 7.98. The van der Waals surface area contributed by atoms with E-state index in [1.807, 2.05) is 0 Å². The van der Waals surface area contributed by atoms with E-state index in [0.29, 0.717) is 6.42 Å². The van der Waals surface area contributed by atoms with Crippen LogP contribution < -0.4 is 0 Å². The lowest BCUT2D eigenvalue weighted by Gasteiger charge is -2.11. The summed E-state index contributed by atoms with van der Waals surface area (Å²) < 4.78 is 17.4. The Bertz CT molecular complexity index is 218. The van der Waals surface area contributed by atoms with Gasteiger partial charge in [-0.15, -0.1) is 0 Å². The molecule has 3 heteroatoms. The van der Waals surface area contributed by atoms with Gasteiger partial charge in [-0.05, 0) is 18.6 Å². The van der Waals surface area contributed by atoms with Crippen molar-refractivity contribution in [2.45, 2.75) is 6.42 Å². The molecule has 1 rings (SSSR count). The van der Waals surface area contributed by atoms with Crippen LogP contribution in [0.2, 0.25) is 0 Å². The lowest BCUT2D eigenvalue weighted by atomic mass is 10.0. The second-order valence-corrected chi connectivity index (χ2v) is 2.32. The van der Waals surface area contributed by atoms with Gasteiger partial charge in [-0.25, -0.2) is 4.39 Å². The van der Waals surface area contributed by atoms with Crippen LogP contribution in [0.4, 0.5) is 4.39 Å². The number of allylic oxidation sites excluding steroid dienone is 3. The number of carbonyl (C=O) groups is 1. The van der Waals surface area contributed by atoms with Crippen molar-refractivity contribution < 1.29 is 13.9 Å². The quantitative estimate of drug-likeness (QED) is 0.567. The van der Waals surface area contributed by atoms with Gasteiger partial charge in [0.05, 0.1) is 7.11 Å². The van der Waals surface area contributed by atoms with Crippen LogP contribution in [0.25, 0.3) is 0 Å². The van der Waals surface area contributed by atoms with Crippen molar-refractivity contribution in [3.05, 3.63) is 23.7 Å². The van der Waals surface area contributed by atoms with Crippen LogP contribution in [-0.2, 0) is 9.53 Å². The summed E-state index contributed by atoms with van der Waals surface area (Å²) in [4.78, 5) is 10.3. The van der Waals surface area contributed by atoms with E-state index in [2.05, 4.69) is 0 Å². The number of methoxy groups -OCH3 is 1. The minimum absolute atomic E-state index is 0.161. The zero-order valence-corrected chi connectivity index (χ0v) is 6.21. The zero-order valence-electron chi connectivity index (χ0n) is 6.21. The van der Waals surface area contributed by atoms with Gasteiger partial charge in [-0.1, -0.05) is 0 Å². The van der Waals surface area contributed by atoms with E-state index < -0.39 is 0 Å². The first-order valence-corrected chi connectivity index (χ1v) is 3.35.